The van der Waals surface area contributed by atoms with Crippen molar-refractivity contribution in [1.82, 2.24) is 0 Å². The Morgan fingerprint density at radius 2 is 2.05 bits per heavy atom. The molecule has 0 aliphatic carbocycles. The van der Waals surface area contributed by atoms with Crippen molar-refractivity contribution in [2.45, 2.75) is 26.9 Å². The van der Waals surface area contributed by atoms with Crippen LogP contribution in [0.25, 0.3) is 0 Å². The maximum absolute atomic E-state index is 5.86. The summed E-state index contributed by atoms with van der Waals surface area (Å²) in [7, 11) is 1.68. The number of methoxy groups -OCH3 is 1. The molecule has 0 atom stereocenters. The van der Waals surface area contributed by atoms with E-state index in [2.05, 4.69) is 24.2 Å². The molecule has 0 saturated heterocycles. The number of hydrogen-bond donors (Lipinski definition) is 2. The Bertz CT molecular complexity index is 394. The van der Waals surface area contributed by atoms with Gasteiger partial charge in [-0.3, -0.25) is 4.99 Å². The predicted octanol–water partition coefficient (Wildman–Crippen LogP) is 3.22. The smallest absolute Gasteiger partial charge is 0.193 e. The summed E-state index contributed by atoms with van der Waals surface area (Å²) in [6.07, 6.45) is 1.04. The molecular weight excluding hydrogens is 353 g/mol. The second-order valence-corrected chi connectivity index (χ2v) is 4.66. The zero-order valence-electron chi connectivity index (χ0n) is 11.8. The van der Waals surface area contributed by atoms with E-state index in [4.69, 9.17) is 10.5 Å². The van der Waals surface area contributed by atoms with Crippen molar-refractivity contribution < 1.29 is 4.74 Å². The number of halogens is 1. The Kier molecular flexibility index (Phi) is 9.59. The van der Waals surface area contributed by atoms with E-state index in [-0.39, 0.29) is 24.0 Å². The van der Waals surface area contributed by atoms with Gasteiger partial charge in [-0.15, -0.1) is 24.0 Å². The first-order valence-corrected chi connectivity index (χ1v) is 6.27. The fourth-order valence-electron chi connectivity index (χ4n) is 1.54. The number of nitrogens with one attached hydrogen (secondary N) is 1. The third-order valence-electron chi connectivity index (χ3n) is 2.57. The Hall–Kier alpha value is -0.820. The summed E-state index contributed by atoms with van der Waals surface area (Å²) >= 11 is 0. The highest BCUT2D eigenvalue weighted by atomic mass is 127. The summed E-state index contributed by atoms with van der Waals surface area (Å²) in [5, 5.41) is 3.12. The number of nitrogens with two attached hydrogens (primary N) is 1. The van der Waals surface area contributed by atoms with Crippen LogP contribution in [0, 0.1) is 5.92 Å². The average Bonchev–Trinajstić information content (AvgIpc) is 2.31. The average molecular weight is 377 g/mol. The summed E-state index contributed by atoms with van der Waals surface area (Å²) in [6, 6.07) is 7.92. The van der Waals surface area contributed by atoms with E-state index in [1.165, 1.54) is 0 Å². The number of ether oxygens (including phenoxy) is 1. The molecule has 0 saturated carbocycles. The second-order valence-electron chi connectivity index (χ2n) is 4.66. The number of nitrogens with zero attached hydrogens (tertiary/aromatic N) is 1. The van der Waals surface area contributed by atoms with Gasteiger partial charge in [0.05, 0.1) is 6.61 Å². The van der Waals surface area contributed by atoms with Crippen LogP contribution in [0.1, 0.15) is 25.8 Å². The number of aliphatic imine (C=N–C) groups is 1. The predicted molar refractivity (Wildman–Crippen MR) is 92.1 cm³/mol. The van der Waals surface area contributed by atoms with E-state index >= 15 is 0 Å². The monoisotopic (exact) mass is 377 g/mol. The second kappa shape index (κ2) is 10.0. The molecule has 1 rings (SSSR count). The first-order valence-electron chi connectivity index (χ1n) is 6.27. The Balaban J connectivity index is 0.00000324. The molecule has 1 aromatic carbocycles. The van der Waals surface area contributed by atoms with Gasteiger partial charge in [-0.25, -0.2) is 0 Å². The Morgan fingerprint density at radius 3 is 2.68 bits per heavy atom. The number of anilines is 1. The lowest BCUT2D eigenvalue weighted by Gasteiger charge is -2.11. The van der Waals surface area contributed by atoms with Crippen LogP contribution in [-0.4, -0.2) is 19.6 Å². The van der Waals surface area contributed by atoms with Crippen LogP contribution in [0.5, 0.6) is 0 Å². The first kappa shape index (κ1) is 18.2. The zero-order chi connectivity index (χ0) is 13.4. The molecule has 5 heteroatoms. The molecule has 0 radical (unpaired) electrons. The maximum Gasteiger partial charge on any atom is 0.193 e. The standard InChI is InChI=1S/C14H23N3O.HI/c1-11(2)8-9-16-14(15)17-13-7-5-4-6-12(13)10-18-3;/h4-7,11H,8-10H2,1-3H3,(H3,15,16,17);1H. The number of hydrogen-bond acceptors (Lipinski definition) is 2. The molecule has 4 nitrogen and oxygen atoms in total. The van der Waals surface area contributed by atoms with E-state index in [0.29, 0.717) is 18.5 Å². The van der Waals surface area contributed by atoms with Crippen molar-refractivity contribution in [2.24, 2.45) is 16.6 Å². The first-order chi connectivity index (χ1) is 8.63. The van der Waals surface area contributed by atoms with Crippen molar-refractivity contribution in [2.75, 3.05) is 19.0 Å². The highest BCUT2D eigenvalue weighted by molar-refractivity contribution is 14.0. The van der Waals surface area contributed by atoms with Crippen molar-refractivity contribution in [1.29, 1.82) is 0 Å². The lowest BCUT2D eigenvalue weighted by Crippen LogP contribution is -2.23. The van der Waals surface area contributed by atoms with Gasteiger partial charge >= 0.3 is 0 Å². The Morgan fingerprint density at radius 1 is 1.37 bits per heavy atom. The molecule has 108 valence electrons. The van der Waals surface area contributed by atoms with Gasteiger partial charge in [0.15, 0.2) is 5.96 Å². The summed E-state index contributed by atoms with van der Waals surface area (Å²) in [6.45, 7) is 5.66. The molecule has 0 heterocycles. The highest BCUT2D eigenvalue weighted by Crippen LogP contribution is 2.15. The van der Waals surface area contributed by atoms with Gasteiger partial charge in [-0.2, -0.15) is 0 Å². The molecule has 0 spiro atoms. The zero-order valence-corrected chi connectivity index (χ0v) is 14.2. The number of para-hydroxylation sites is 1. The van der Waals surface area contributed by atoms with E-state index in [1.807, 2.05) is 24.3 Å². The summed E-state index contributed by atoms with van der Waals surface area (Å²) in [5.41, 5.74) is 7.88. The molecule has 0 amide bonds. The molecule has 3 N–H and O–H groups in total. The molecule has 0 unspecified atom stereocenters. The third-order valence-corrected chi connectivity index (χ3v) is 2.57. The van der Waals surface area contributed by atoms with Gasteiger partial charge < -0.3 is 15.8 Å². The van der Waals surface area contributed by atoms with Crippen LogP contribution in [0.15, 0.2) is 29.3 Å². The fraction of sp³-hybridized carbons (Fsp3) is 0.500. The SMILES string of the molecule is COCc1ccccc1NC(N)=NCCC(C)C.I. The van der Waals surface area contributed by atoms with Crippen LogP contribution < -0.4 is 11.1 Å². The number of benzene rings is 1. The summed E-state index contributed by atoms with van der Waals surface area (Å²) in [5.74, 6) is 1.10. The normalized spacial score (nSPS) is 11.3. The number of guanidine groups is 1. The van der Waals surface area contributed by atoms with Crippen molar-refractivity contribution in [3.63, 3.8) is 0 Å². The van der Waals surface area contributed by atoms with Crippen LogP contribution >= 0.6 is 24.0 Å². The molecule has 0 fully saturated rings. The van der Waals surface area contributed by atoms with Gasteiger partial charge in [0.2, 0.25) is 0 Å². The highest BCUT2D eigenvalue weighted by Gasteiger charge is 2.02. The van der Waals surface area contributed by atoms with Gasteiger partial charge in [-0.1, -0.05) is 32.0 Å². The van der Waals surface area contributed by atoms with E-state index in [0.717, 1.165) is 24.2 Å². The van der Waals surface area contributed by atoms with E-state index in [1.54, 1.807) is 7.11 Å². The topological polar surface area (TPSA) is 59.6 Å². The van der Waals surface area contributed by atoms with Gasteiger partial charge in [-0.05, 0) is 18.4 Å². The molecule has 19 heavy (non-hydrogen) atoms. The molecule has 0 aliphatic rings. The minimum absolute atomic E-state index is 0. The summed E-state index contributed by atoms with van der Waals surface area (Å²) in [4.78, 5) is 4.30. The molecule has 0 aliphatic heterocycles. The van der Waals surface area contributed by atoms with Crippen molar-refractivity contribution in [3.8, 4) is 0 Å². The maximum atomic E-state index is 5.86. The van der Waals surface area contributed by atoms with Crippen LogP contribution in [0.4, 0.5) is 5.69 Å². The van der Waals surface area contributed by atoms with Gasteiger partial charge in [0.25, 0.3) is 0 Å². The van der Waals surface area contributed by atoms with Crippen LogP contribution in [-0.2, 0) is 11.3 Å². The lowest BCUT2D eigenvalue weighted by atomic mass is 10.1. The van der Waals surface area contributed by atoms with Crippen molar-refractivity contribution in [3.05, 3.63) is 29.8 Å². The molecular formula is C14H24IN3O. The van der Waals surface area contributed by atoms with Gasteiger partial charge in [0.1, 0.15) is 0 Å². The number of rotatable bonds is 6. The van der Waals surface area contributed by atoms with Crippen LogP contribution in [0.2, 0.25) is 0 Å². The fourth-order valence-corrected chi connectivity index (χ4v) is 1.54. The minimum Gasteiger partial charge on any atom is -0.380 e. The summed E-state index contributed by atoms with van der Waals surface area (Å²) < 4.78 is 5.14. The molecule has 0 aromatic heterocycles. The minimum atomic E-state index is 0. The molecule has 1 aromatic rings. The van der Waals surface area contributed by atoms with Gasteiger partial charge in [0, 0.05) is 24.9 Å². The Labute approximate surface area is 132 Å². The lowest BCUT2D eigenvalue weighted by molar-refractivity contribution is 0.185. The van der Waals surface area contributed by atoms with Crippen molar-refractivity contribution >= 4 is 35.6 Å². The third kappa shape index (κ3) is 7.37. The quantitative estimate of drug-likeness (QED) is 0.455. The van der Waals surface area contributed by atoms with Crippen LogP contribution in [0.3, 0.4) is 0 Å². The largest absolute Gasteiger partial charge is 0.380 e. The van der Waals surface area contributed by atoms with E-state index < -0.39 is 0 Å². The molecule has 0 bridgehead atoms. The van der Waals surface area contributed by atoms with E-state index in [9.17, 15) is 0 Å².